The number of nitrogens with two attached hydrogens (primary N) is 1. The van der Waals surface area contributed by atoms with Crippen LogP contribution in [0, 0.1) is 5.92 Å². The Morgan fingerprint density at radius 2 is 2.30 bits per heavy atom. The lowest BCUT2D eigenvalue weighted by atomic mass is 9.89. The summed E-state index contributed by atoms with van der Waals surface area (Å²) in [5, 5.41) is 0.900. The molecule has 2 N–H and O–H groups in total. The number of fused-ring (bicyclic) bond motifs is 3. The van der Waals surface area contributed by atoms with E-state index in [4.69, 9.17) is 15.5 Å². The van der Waals surface area contributed by atoms with Crippen molar-refractivity contribution in [3.8, 4) is 0 Å². The van der Waals surface area contributed by atoms with E-state index in [2.05, 4.69) is 6.92 Å². The van der Waals surface area contributed by atoms with E-state index in [0.717, 1.165) is 48.9 Å². The molecule has 1 aliphatic carbocycles. The third kappa shape index (κ3) is 3.67. The largest absolute Gasteiger partial charge is 0.376 e. The third-order valence-electron chi connectivity index (χ3n) is 5.47. The molecule has 0 aromatic carbocycles. The number of aromatic nitrogens is 2. The van der Waals surface area contributed by atoms with E-state index in [1.807, 2.05) is 0 Å². The van der Waals surface area contributed by atoms with E-state index in [1.54, 1.807) is 22.8 Å². The maximum Gasteiger partial charge on any atom is 0.263 e. The zero-order valence-electron chi connectivity index (χ0n) is 15.7. The van der Waals surface area contributed by atoms with Crippen LogP contribution in [0.25, 0.3) is 10.2 Å². The second-order valence-corrected chi connectivity index (χ2v) is 10.0. The van der Waals surface area contributed by atoms with E-state index in [-0.39, 0.29) is 11.7 Å². The van der Waals surface area contributed by atoms with Gasteiger partial charge in [0.25, 0.3) is 5.56 Å². The quantitative estimate of drug-likeness (QED) is 0.608. The Morgan fingerprint density at radius 3 is 3.00 bits per heavy atom. The van der Waals surface area contributed by atoms with Crippen molar-refractivity contribution in [3.05, 3.63) is 20.8 Å². The summed E-state index contributed by atoms with van der Waals surface area (Å²) >= 11 is 2.90. The van der Waals surface area contributed by atoms with Gasteiger partial charge in [-0.25, -0.2) is 4.98 Å². The fourth-order valence-corrected chi connectivity index (χ4v) is 6.16. The first-order chi connectivity index (χ1) is 12.9. The predicted molar refractivity (Wildman–Crippen MR) is 109 cm³/mol. The molecule has 2 aromatic rings. The molecule has 0 unspecified atom stereocenters. The molecule has 0 spiro atoms. The van der Waals surface area contributed by atoms with Gasteiger partial charge in [0.05, 0.1) is 23.3 Å². The number of thiophene rings is 1. The van der Waals surface area contributed by atoms with Crippen LogP contribution in [0.5, 0.6) is 0 Å². The van der Waals surface area contributed by atoms with Crippen molar-refractivity contribution in [2.75, 3.05) is 6.61 Å². The number of ether oxygens (including phenoxy) is 1. The highest BCUT2D eigenvalue weighted by Gasteiger charge is 2.27. The molecule has 0 radical (unpaired) electrons. The van der Waals surface area contributed by atoms with Gasteiger partial charge in [0, 0.05) is 11.5 Å². The van der Waals surface area contributed by atoms with Crippen LogP contribution < -0.4 is 11.3 Å². The third-order valence-corrected chi connectivity index (χ3v) is 7.73. The smallest absolute Gasteiger partial charge is 0.263 e. The summed E-state index contributed by atoms with van der Waals surface area (Å²) in [6.45, 7) is 5.23. The molecule has 3 atom stereocenters. The minimum Gasteiger partial charge on any atom is -0.376 e. The molecule has 146 valence electrons. The van der Waals surface area contributed by atoms with Gasteiger partial charge < -0.3 is 10.5 Å². The van der Waals surface area contributed by atoms with Crippen molar-refractivity contribution in [3.63, 3.8) is 0 Å². The lowest BCUT2D eigenvalue weighted by molar-refractivity contribution is -0.117. The van der Waals surface area contributed by atoms with Gasteiger partial charge >= 0.3 is 0 Å². The number of nitrogens with zero attached hydrogens (tertiary/aromatic N) is 2. The van der Waals surface area contributed by atoms with Gasteiger partial charge in [0.1, 0.15) is 4.83 Å². The van der Waals surface area contributed by atoms with E-state index < -0.39 is 11.2 Å². The summed E-state index contributed by atoms with van der Waals surface area (Å²) < 4.78 is 7.47. The molecule has 1 aliphatic heterocycles. The number of primary amides is 1. The second-order valence-electron chi connectivity index (χ2n) is 7.64. The van der Waals surface area contributed by atoms with Crippen LogP contribution in [0.2, 0.25) is 0 Å². The molecule has 1 saturated heterocycles. The SMILES string of the molecule is C[C@@H]1CCc2c(sc3nc(S[C@@H](C)C(N)=O)n(C[C@@H]4CCCO4)c(=O)c23)C1. The van der Waals surface area contributed by atoms with Gasteiger partial charge in [-0.05, 0) is 50.5 Å². The van der Waals surface area contributed by atoms with Crippen LogP contribution in [0.3, 0.4) is 0 Å². The maximum atomic E-state index is 13.4. The molecule has 1 amide bonds. The first kappa shape index (κ1) is 19.0. The first-order valence-electron chi connectivity index (χ1n) is 9.56. The van der Waals surface area contributed by atoms with Crippen molar-refractivity contribution in [1.29, 1.82) is 0 Å². The Balaban J connectivity index is 1.83. The monoisotopic (exact) mass is 407 g/mol. The molecule has 27 heavy (non-hydrogen) atoms. The van der Waals surface area contributed by atoms with Crippen LogP contribution in [-0.4, -0.2) is 33.4 Å². The number of amides is 1. The molecular weight excluding hydrogens is 382 g/mol. The normalized spacial score (nSPS) is 23.5. The van der Waals surface area contributed by atoms with Gasteiger partial charge in [0.2, 0.25) is 5.91 Å². The van der Waals surface area contributed by atoms with Crippen molar-refractivity contribution < 1.29 is 9.53 Å². The molecule has 0 saturated carbocycles. The van der Waals surface area contributed by atoms with Crippen LogP contribution in [0.4, 0.5) is 0 Å². The van der Waals surface area contributed by atoms with Crippen molar-refractivity contribution >= 4 is 39.2 Å². The highest BCUT2D eigenvalue weighted by molar-refractivity contribution is 8.00. The fourth-order valence-electron chi connectivity index (χ4n) is 3.86. The summed E-state index contributed by atoms with van der Waals surface area (Å²) in [6, 6.07) is 0. The van der Waals surface area contributed by atoms with Gasteiger partial charge in [0.15, 0.2) is 5.16 Å². The van der Waals surface area contributed by atoms with Crippen LogP contribution in [0.1, 0.15) is 43.6 Å². The Kier molecular flexibility index (Phi) is 5.31. The highest BCUT2D eigenvalue weighted by Crippen LogP contribution is 2.37. The maximum absolute atomic E-state index is 13.4. The van der Waals surface area contributed by atoms with Crippen molar-refractivity contribution in [1.82, 2.24) is 9.55 Å². The molecule has 2 aliphatic rings. The molecular formula is C19H25N3O3S2. The standard InChI is InChI=1S/C19H25N3O3S2/c1-10-5-6-13-14(8-10)27-17-15(13)18(24)22(9-12-4-3-7-25-12)19(21-17)26-11(2)16(20)23/h10-12H,3-9H2,1-2H3,(H2,20,23)/t10-,11+,12+/m1/s1. The predicted octanol–water partition coefficient (Wildman–Crippen LogP) is 2.73. The zero-order chi connectivity index (χ0) is 19.1. The lowest BCUT2D eigenvalue weighted by Crippen LogP contribution is -2.30. The van der Waals surface area contributed by atoms with Crippen molar-refractivity contribution in [2.24, 2.45) is 11.7 Å². The van der Waals surface area contributed by atoms with E-state index in [9.17, 15) is 9.59 Å². The summed E-state index contributed by atoms with van der Waals surface area (Å²) in [4.78, 5) is 31.9. The van der Waals surface area contributed by atoms with E-state index in [0.29, 0.717) is 17.6 Å². The molecule has 1 fully saturated rings. The van der Waals surface area contributed by atoms with Crippen LogP contribution in [0.15, 0.2) is 9.95 Å². The van der Waals surface area contributed by atoms with E-state index in [1.165, 1.54) is 22.2 Å². The molecule has 4 rings (SSSR count). The molecule has 2 aromatic heterocycles. The second kappa shape index (κ2) is 7.56. The van der Waals surface area contributed by atoms with Crippen LogP contribution >= 0.6 is 23.1 Å². The number of carbonyl (C=O) groups is 1. The summed E-state index contributed by atoms with van der Waals surface area (Å²) in [6.07, 6.45) is 5.05. The van der Waals surface area contributed by atoms with Gasteiger partial charge in [-0.3, -0.25) is 14.2 Å². The van der Waals surface area contributed by atoms with Gasteiger partial charge in [-0.15, -0.1) is 11.3 Å². The number of thioether (sulfide) groups is 1. The number of aryl methyl sites for hydroxylation is 1. The molecule has 0 bridgehead atoms. The van der Waals surface area contributed by atoms with Gasteiger partial charge in [-0.2, -0.15) is 0 Å². The summed E-state index contributed by atoms with van der Waals surface area (Å²) in [5.74, 6) is 0.237. The zero-order valence-corrected chi connectivity index (χ0v) is 17.3. The molecule has 8 heteroatoms. The minimum atomic E-state index is -0.445. The Bertz CT molecular complexity index is 930. The number of hydrogen-bond donors (Lipinski definition) is 1. The number of rotatable bonds is 5. The minimum absolute atomic E-state index is 0.00160. The Hall–Kier alpha value is -1.38. The van der Waals surface area contributed by atoms with Crippen molar-refractivity contribution in [2.45, 2.75) is 69.0 Å². The first-order valence-corrected chi connectivity index (χ1v) is 11.3. The van der Waals surface area contributed by atoms with E-state index >= 15 is 0 Å². The number of hydrogen-bond acceptors (Lipinski definition) is 6. The van der Waals surface area contributed by atoms with Crippen LogP contribution in [-0.2, 0) is 28.9 Å². The highest BCUT2D eigenvalue weighted by atomic mass is 32.2. The molecule has 3 heterocycles. The Labute approximate surface area is 166 Å². The Morgan fingerprint density at radius 1 is 1.48 bits per heavy atom. The summed E-state index contributed by atoms with van der Waals surface area (Å²) in [7, 11) is 0. The molecule has 6 nitrogen and oxygen atoms in total. The average molecular weight is 408 g/mol. The lowest BCUT2D eigenvalue weighted by Gasteiger charge is -2.19. The average Bonchev–Trinajstić information content (AvgIpc) is 3.24. The topological polar surface area (TPSA) is 87.2 Å². The fraction of sp³-hybridized carbons (Fsp3) is 0.632. The number of carbonyl (C=O) groups excluding carboxylic acids is 1. The van der Waals surface area contributed by atoms with Gasteiger partial charge in [-0.1, -0.05) is 18.7 Å². The summed E-state index contributed by atoms with van der Waals surface area (Å²) in [5.41, 5.74) is 6.63.